The van der Waals surface area contributed by atoms with Crippen molar-refractivity contribution in [2.75, 3.05) is 11.9 Å². The quantitative estimate of drug-likeness (QED) is 0.505. The van der Waals surface area contributed by atoms with Crippen LogP contribution >= 0.6 is 0 Å². The second-order valence-corrected chi connectivity index (χ2v) is 6.60. The summed E-state index contributed by atoms with van der Waals surface area (Å²) in [4.78, 5) is 0. The smallest absolute Gasteiger partial charge is 0.120 e. The number of anilines is 1. The highest BCUT2D eigenvalue weighted by Crippen LogP contribution is 2.19. The number of rotatable bonds is 11. The molecule has 0 radical (unpaired) electrons. The molecule has 2 rings (SSSR count). The molecule has 1 N–H and O–H groups in total. The SMILES string of the molecule is CCCCCCOc1ccc(NCc2cccc(OC(C)C)c2)cc1. The molecule has 2 aromatic carbocycles. The van der Waals surface area contributed by atoms with Crippen LogP contribution in [-0.2, 0) is 6.54 Å². The molecule has 136 valence electrons. The highest BCUT2D eigenvalue weighted by atomic mass is 16.5. The summed E-state index contributed by atoms with van der Waals surface area (Å²) in [6, 6.07) is 16.4. The average Bonchev–Trinajstić information content (AvgIpc) is 2.60. The molecule has 0 aliphatic heterocycles. The minimum Gasteiger partial charge on any atom is -0.494 e. The van der Waals surface area contributed by atoms with E-state index < -0.39 is 0 Å². The molecule has 0 bridgehead atoms. The van der Waals surface area contributed by atoms with Crippen molar-refractivity contribution in [2.24, 2.45) is 0 Å². The molecule has 3 nitrogen and oxygen atoms in total. The Kier molecular flexibility index (Phi) is 8.17. The van der Waals surface area contributed by atoms with Gasteiger partial charge in [0, 0.05) is 12.2 Å². The molecule has 3 heteroatoms. The molecular formula is C22H31NO2. The Morgan fingerprint density at radius 1 is 0.920 bits per heavy atom. The fourth-order valence-corrected chi connectivity index (χ4v) is 2.59. The Bertz CT molecular complexity index is 608. The molecular weight excluding hydrogens is 310 g/mol. The van der Waals surface area contributed by atoms with E-state index in [2.05, 4.69) is 36.5 Å². The maximum atomic E-state index is 5.78. The number of nitrogens with one attached hydrogen (secondary N) is 1. The first kappa shape index (κ1) is 19.2. The van der Waals surface area contributed by atoms with Gasteiger partial charge in [0.1, 0.15) is 11.5 Å². The summed E-state index contributed by atoms with van der Waals surface area (Å²) in [6.45, 7) is 7.87. The molecule has 0 aliphatic rings. The molecule has 0 unspecified atom stereocenters. The van der Waals surface area contributed by atoms with Gasteiger partial charge in [0.05, 0.1) is 12.7 Å². The number of hydrogen-bond donors (Lipinski definition) is 1. The van der Waals surface area contributed by atoms with Crippen molar-refractivity contribution >= 4 is 5.69 Å². The molecule has 0 saturated heterocycles. The Balaban J connectivity index is 1.77. The molecule has 0 fully saturated rings. The minimum absolute atomic E-state index is 0.192. The number of unbranched alkanes of at least 4 members (excludes halogenated alkanes) is 3. The highest BCUT2D eigenvalue weighted by Gasteiger charge is 2.00. The van der Waals surface area contributed by atoms with Crippen molar-refractivity contribution in [2.45, 2.75) is 59.1 Å². The van der Waals surface area contributed by atoms with Gasteiger partial charge in [0.25, 0.3) is 0 Å². The largest absolute Gasteiger partial charge is 0.494 e. The fraction of sp³-hybridized carbons (Fsp3) is 0.455. The standard InChI is InChI=1S/C22H31NO2/c1-4-5-6-7-15-24-21-13-11-20(12-14-21)23-17-19-9-8-10-22(16-19)25-18(2)3/h8-14,16,18,23H,4-7,15,17H2,1-3H3. The predicted molar refractivity (Wildman–Crippen MR) is 106 cm³/mol. The summed E-state index contributed by atoms with van der Waals surface area (Å²) in [5, 5.41) is 3.44. The van der Waals surface area contributed by atoms with Crippen LogP contribution in [0.2, 0.25) is 0 Å². The monoisotopic (exact) mass is 341 g/mol. The van der Waals surface area contributed by atoms with Gasteiger partial charge in [0.15, 0.2) is 0 Å². The van der Waals surface area contributed by atoms with Crippen molar-refractivity contribution in [3.8, 4) is 11.5 Å². The van der Waals surface area contributed by atoms with Gasteiger partial charge in [-0.05, 0) is 62.2 Å². The van der Waals surface area contributed by atoms with Gasteiger partial charge >= 0.3 is 0 Å². The summed E-state index contributed by atoms with van der Waals surface area (Å²) in [5.41, 5.74) is 2.29. The van der Waals surface area contributed by atoms with E-state index in [0.29, 0.717) is 0 Å². The van der Waals surface area contributed by atoms with Crippen LogP contribution in [0, 0.1) is 0 Å². The Hall–Kier alpha value is -2.16. The summed E-state index contributed by atoms with van der Waals surface area (Å²) < 4.78 is 11.5. The van der Waals surface area contributed by atoms with Crippen LogP contribution in [-0.4, -0.2) is 12.7 Å². The summed E-state index contributed by atoms with van der Waals surface area (Å²) in [5.74, 6) is 1.86. The molecule has 0 amide bonds. The van der Waals surface area contributed by atoms with E-state index in [9.17, 15) is 0 Å². The normalized spacial score (nSPS) is 10.7. The van der Waals surface area contributed by atoms with Gasteiger partial charge in [-0.15, -0.1) is 0 Å². The van der Waals surface area contributed by atoms with Crippen LogP contribution in [0.5, 0.6) is 11.5 Å². The van der Waals surface area contributed by atoms with Crippen molar-refractivity contribution in [1.82, 2.24) is 0 Å². The second kappa shape index (κ2) is 10.7. The third-order valence-corrected chi connectivity index (χ3v) is 3.89. The third-order valence-electron chi connectivity index (χ3n) is 3.89. The van der Waals surface area contributed by atoms with Gasteiger partial charge in [-0.2, -0.15) is 0 Å². The summed E-state index contributed by atoms with van der Waals surface area (Å²) in [7, 11) is 0. The van der Waals surface area contributed by atoms with Gasteiger partial charge in [0.2, 0.25) is 0 Å². The van der Waals surface area contributed by atoms with Crippen molar-refractivity contribution in [3.05, 3.63) is 54.1 Å². The molecule has 2 aromatic rings. The Labute approximate surface area is 152 Å². The molecule has 0 aromatic heterocycles. The van der Waals surface area contributed by atoms with E-state index >= 15 is 0 Å². The first-order chi connectivity index (χ1) is 12.2. The predicted octanol–water partition coefficient (Wildman–Crippen LogP) is 6.05. The van der Waals surface area contributed by atoms with Crippen LogP contribution in [0.1, 0.15) is 52.0 Å². The highest BCUT2D eigenvalue weighted by molar-refractivity contribution is 5.47. The maximum absolute atomic E-state index is 5.78. The van der Waals surface area contributed by atoms with E-state index in [1.807, 2.05) is 38.1 Å². The zero-order valence-corrected chi connectivity index (χ0v) is 15.8. The van der Waals surface area contributed by atoms with E-state index in [-0.39, 0.29) is 6.10 Å². The lowest BCUT2D eigenvalue weighted by atomic mass is 10.2. The summed E-state index contributed by atoms with van der Waals surface area (Å²) >= 11 is 0. The number of benzene rings is 2. The molecule has 0 aliphatic carbocycles. The molecule has 0 heterocycles. The Morgan fingerprint density at radius 3 is 2.44 bits per heavy atom. The van der Waals surface area contributed by atoms with Crippen LogP contribution < -0.4 is 14.8 Å². The molecule has 0 spiro atoms. The number of hydrogen-bond acceptors (Lipinski definition) is 3. The van der Waals surface area contributed by atoms with Gasteiger partial charge in [-0.1, -0.05) is 38.3 Å². The lowest BCUT2D eigenvalue weighted by molar-refractivity contribution is 0.242. The molecule has 0 atom stereocenters. The topological polar surface area (TPSA) is 30.5 Å². The number of ether oxygens (including phenoxy) is 2. The first-order valence-electron chi connectivity index (χ1n) is 9.39. The van der Waals surface area contributed by atoms with E-state index in [4.69, 9.17) is 9.47 Å². The minimum atomic E-state index is 0.192. The van der Waals surface area contributed by atoms with Crippen LogP contribution in [0.3, 0.4) is 0 Å². The lowest BCUT2D eigenvalue weighted by Crippen LogP contribution is -2.06. The van der Waals surface area contributed by atoms with E-state index in [1.165, 1.54) is 24.8 Å². The van der Waals surface area contributed by atoms with E-state index in [0.717, 1.165) is 36.8 Å². The zero-order valence-electron chi connectivity index (χ0n) is 15.8. The maximum Gasteiger partial charge on any atom is 0.120 e. The summed E-state index contributed by atoms with van der Waals surface area (Å²) in [6.07, 6.45) is 5.11. The zero-order chi connectivity index (χ0) is 17.9. The fourth-order valence-electron chi connectivity index (χ4n) is 2.59. The van der Waals surface area contributed by atoms with Gasteiger partial charge in [-0.3, -0.25) is 0 Å². The third kappa shape index (κ3) is 7.51. The van der Waals surface area contributed by atoms with Crippen molar-refractivity contribution in [3.63, 3.8) is 0 Å². The van der Waals surface area contributed by atoms with Crippen LogP contribution in [0.15, 0.2) is 48.5 Å². The van der Waals surface area contributed by atoms with Gasteiger partial charge < -0.3 is 14.8 Å². The van der Waals surface area contributed by atoms with Crippen LogP contribution in [0.25, 0.3) is 0 Å². The van der Waals surface area contributed by atoms with Crippen molar-refractivity contribution < 1.29 is 9.47 Å². The van der Waals surface area contributed by atoms with Crippen LogP contribution in [0.4, 0.5) is 5.69 Å². The van der Waals surface area contributed by atoms with E-state index in [1.54, 1.807) is 0 Å². The Morgan fingerprint density at radius 2 is 1.72 bits per heavy atom. The molecule has 25 heavy (non-hydrogen) atoms. The second-order valence-electron chi connectivity index (χ2n) is 6.60. The lowest BCUT2D eigenvalue weighted by Gasteiger charge is -2.12. The van der Waals surface area contributed by atoms with Crippen molar-refractivity contribution in [1.29, 1.82) is 0 Å². The van der Waals surface area contributed by atoms with Gasteiger partial charge in [-0.25, -0.2) is 0 Å². The molecule has 0 saturated carbocycles. The first-order valence-corrected chi connectivity index (χ1v) is 9.39. The average molecular weight is 341 g/mol.